The molecule has 0 saturated carbocycles. The van der Waals surface area contributed by atoms with Gasteiger partial charge in [0.1, 0.15) is 16.7 Å². The van der Waals surface area contributed by atoms with E-state index in [0.717, 1.165) is 23.3 Å². The maximum Gasteiger partial charge on any atom is 0.309 e. The number of thiazole rings is 1. The Kier molecular flexibility index (Phi) is 19.0. The number of β-amino-alcohol motifs (C(OH)–C–C–N with tert-alkyl or cyclic N) is 1. The normalized spacial score (nSPS) is 18.1. The first-order valence-corrected chi connectivity index (χ1v) is 21.7. The van der Waals surface area contributed by atoms with Crippen LogP contribution in [-0.4, -0.2) is 105 Å². The number of anilines is 1. The Morgan fingerprint density at radius 2 is 1.83 bits per heavy atom. The molecule has 0 unspecified atom stereocenters. The molecule has 1 aromatic heterocycles. The van der Waals surface area contributed by atoms with Gasteiger partial charge in [0.25, 0.3) is 11.8 Å². The Morgan fingerprint density at radius 3 is 2.42 bits per heavy atom. The number of carbonyl (C=O) groups excluding carboxylic acids is 4. The molecule has 2 heterocycles. The van der Waals surface area contributed by atoms with Gasteiger partial charge in [-0.2, -0.15) is 0 Å². The van der Waals surface area contributed by atoms with Gasteiger partial charge in [-0.3, -0.25) is 33.7 Å². The quantitative estimate of drug-likeness (QED) is 0.0306. The van der Waals surface area contributed by atoms with E-state index in [1.54, 1.807) is 31.4 Å². The maximum atomic E-state index is 14.8. The molecule has 0 spiro atoms. The van der Waals surface area contributed by atoms with Gasteiger partial charge in [-0.1, -0.05) is 46.2 Å². The lowest BCUT2D eigenvalue weighted by atomic mass is 9.84. The summed E-state index contributed by atoms with van der Waals surface area (Å²) in [5.41, 5.74) is 5.29. The smallest absolute Gasteiger partial charge is 0.309 e. The van der Waals surface area contributed by atoms with Crippen molar-refractivity contribution in [3.63, 3.8) is 0 Å². The first-order valence-electron chi connectivity index (χ1n) is 20.8. The zero-order valence-electron chi connectivity index (χ0n) is 36.5. The summed E-state index contributed by atoms with van der Waals surface area (Å²) in [4.78, 5) is 80.1. The largest absolute Gasteiger partial charge is 0.481 e. The molecule has 1 aliphatic rings. The Labute approximate surface area is 359 Å². The van der Waals surface area contributed by atoms with Crippen LogP contribution in [0.25, 0.3) is 0 Å². The first kappa shape index (κ1) is 49.8. The second-order valence-electron chi connectivity index (χ2n) is 17.0. The number of amides is 3. The van der Waals surface area contributed by atoms with Crippen molar-refractivity contribution in [2.45, 2.75) is 137 Å². The molecule has 0 aliphatic carbocycles. The number of unbranched alkanes of at least 4 members (excludes halogenated alkanes) is 1. The summed E-state index contributed by atoms with van der Waals surface area (Å²) < 4.78 is 5.84. The standard InChI is InChI=1S/C44H66N6O9S/c1-10-12-13-23-58-50(40(54)37(29(5)11-2)48-41(55)44(9)19-14-20-49(44)21-22-51)35(28(3)4)25-36(59-30(6)52)39-47-34(27-60-39)38(53)46-33(26-43(7,8)42(56)57)24-31-15-17-32(45)18-16-31/h1,15-18,27-29,33,35-37,51H,11-14,19-26,45H2,2-9H3,(H,46,53)(H,48,55)(H,56,57)/t29-,33-,35+,36+,37-,44+/m0/s1. The average Bonchev–Trinajstić information content (AvgIpc) is 3.84. The van der Waals surface area contributed by atoms with Crippen LogP contribution in [0, 0.1) is 29.6 Å². The fourth-order valence-electron chi connectivity index (χ4n) is 7.40. The van der Waals surface area contributed by atoms with Crippen LogP contribution in [0.1, 0.15) is 127 Å². The number of terminal acetylenes is 1. The number of ether oxygens (including phenoxy) is 1. The Balaban J connectivity index is 1.96. The molecule has 3 amide bonds. The van der Waals surface area contributed by atoms with E-state index in [2.05, 4.69) is 21.5 Å². The zero-order chi connectivity index (χ0) is 44.8. The minimum atomic E-state index is -1.15. The van der Waals surface area contributed by atoms with Crippen molar-refractivity contribution >= 4 is 46.7 Å². The van der Waals surface area contributed by atoms with Gasteiger partial charge < -0.3 is 31.3 Å². The average molecular weight is 855 g/mol. The third-order valence-corrected chi connectivity index (χ3v) is 12.3. The predicted octanol–water partition coefficient (Wildman–Crippen LogP) is 5.14. The van der Waals surface area contributed by atoms with Gasteiger partial charge >= 0.3 is 11.9 Å². The number of nitrogens with one attached hydrogen (secondary N) is 2. The van der Waals surface area contributed by atoms with Crippen molar-refractivity contribution in [2.75, 3.05) is 32.0 Å². The van der Waals surface area contributed by atoms with E-state index in [9.17, 15) is 34.2 Å². The van der Waals surface area contributed by atoms with E-state index >= 15 is 0 Å². The molecule has 332 valence electrons. The number of aliphatic hydroxyl groups excluding tert-OH is 1. The summed E-state index contributed by atoms with van der Waals surface area (Å²) in [6.45, 7) is 14.9. The summed E-state index contributed by atoms with van der Waals surface area (Å²) >= 11 is 1.11. The lowest BCUT2D eigenvalue weighted by molar-refractivity contribution is -0.213. The molecule has 1 aliphatic heterocycles. The first-order chi connectivity index (χ1) is 28.3. The number of nitrogens with zero attached hydrogens (tertiary/aromatic N) is 3. The molecule has 60 heavy (non-hydrogen) atoms. The number of carboxylic acid groups (broad SMARTS) is 1. The number of nitrogens with two attached hydrogens (primary N) is 1. The number of hydrogen-bond donors (Lipinski definition) is 5. The Hall–Kier alpha value is -4.56. The summed E-state index contributed by atoms with van der Waals surface area (Å²) in [5.74, 6) is -0.876. The van der Waals surface area contributed by atoms with Crippen molar-refractivity contribution in [1.29, 1.82) is 0 Å². The molecular formula is C44H66N6O9S. The second kappa shape index (κ2) is 22.9. The number of carbonyl (C=O) groups is 5. The highest BCUT2D eigenvalue weighted by Crippen LogP contribution is 2.33. The van der Waals surface area contributed by atoms with Crippen molar-refractivity contribution < 1.29 is 43.8 Å². The van der Waals surface area contributed by atoms with Gasteiger partial charge in [0, 0.05) is 43.4 Å². The summed E-state index contributed by atoms with van der Waals surface area (Å²) in [5, 5.41) is 28.7. The highest BCUT2D eigenvalue weighted by Gasteiger charge is 2.46. The maximum absolute atomic E-state index is 14.8. The highest BCUT2D eigenvalue weighted by atomic mass is 32.1. The minimum Gasteiger partial charge on any atom is -0.481 e. The molecule has 16 heteroatoms. The van der Waals surface area contributed by atoms with E-state index in [1.165, 1.54) is 12.0 Å². The van der Waals surface area contributed by atoms with Gasteiger partial charge in [0.2, 0.25) is 5.91 Å². The number of hydrogen-bond acceptors (Lipinski definition) is 12. The SMILES string of the molecule is C#CCCCON(C(=O)[C@@H](NC(=O)[C@@]1(C)CCCN1CCO)[C@@H](C)CC)[C@H](C[C@@H](OC(C)=O)c1nc(C(=O)N[C@@H](Cc2ccc(N)cc2)CC(C)(C)C(=O)O)cs1)C(C)C. The van der Waals surface area contributed by atoms with Crippen LogP contribution in [0.4, 0.5) is 5.69 Å². The number of aliphatic hydroxyl groups is 1. The molecule has 15 nitrogen and oxygen atoms in total. The van der Waals surface area contributed by atoms with Crippen LogP contribution in [-0.2, 0) is 35.2 Å². The molecule has 0 radical (unpaired) electrons. The van der Waals surface area contributed by atoms with Crippen molar-refractivity contribution in [3.05, 3.63) is 45.9 Å². The van der Waals surface area contributed by atoms with Gasteiger partial charge in [0.05, 0.1) is 30.2 Å². The molecule has 6 atom stereocenters. The van der Waals surface area contributed by atoms with Gasteiger partial charge in [0.15, 0.2) is 6.10 Å². The second-order valence-corrected chi connectivity index (χ2v) is 17.8. The molecule has 1 saturated heterocycles. The molecule has 1 fully saturated rings. The lowest BCUT2D eigenvalue weighted by Crippen LogP contribution is -2.61. The van der Waals surface area contributed by atoms with Crippen molar-refractivity contribution in [2.24, 2.45) is 17.3 Å². The van der Waals surface area contributed by atoms with Crippen LogP contribution in [0.2, 0.25) is 0 Å². The van der Waals surface area contributed by atoms with Crippen molar-refractivity contribution in [1.82, 2.24) is 25.6 Å². The Bertz CT molecular complexity index is 1790. The Morgan fingerprint density at radius 1 is 1.15 bits per heavy atom. The number of aromatic nitrogens is 1. The van der Waals surface area contributed by atoms with E-state index in [4.69, 9.17) is 21.7 Å². The van der Waals surface area contributed by atoms with E-state index in [-0.39, 0.29) is 49.5 Å². The number of aliphatic carboxylic acids is 1. The molecule has 3 rings (SSSR count). The summed E-state index contributed by atoms with van der Waals surface area (Å²) in [7, 11) is 0. The predicted molar refractivity (Wildman–Crippen MR) is 230 cm³/mol. The monoisotopic (exact) mass is 854 g/mol. The number of rotatable bonds is 24. The number of hydroxylamine groups is 2. The molecule has 2 aromatic rings. The lowest BCUT2D eigenvalue weighted by Gasteiger charge is -2.39. The summed E-state index contributed by atoms with van der Waals surface area (Å²) in [6.07, 6.45) is 7.83. The van der Waals surface area contributed by atoms with E-state index in [1.807, 2.05) is 51.7 Å². The third-order valence-electron chi connectivity index (χ3n) is 11.3. The highest BCUT2D eigenvalue weighted by molar-refractivity contribution is 7.09. The summed E-state index contributed by atoms with van der Waals surface area (Å²) in [6, 6.07) is 4.88. The molecule has 0 bridgehead atoms. The van der Waals surface area contributed by atoms with Crippen molar-refractivity contribution in [3.8, 4) is 12.3 Å². The fraction of sp³-hybridized carbons (Fsp3) is 0.636. The third kappa shape index (κ3) is 13.7. The number of carboxylic acids is 1. The number of nitrogen functional groups attached to an aromatic ring is 1. The van der Waals surface area contributed by atoms with Crippen LogP contribution in [0.3, 0.4) is 0 Å². The van der Waals surface area contributed by atoms with E-state index < -0.39 is 58.9 Å². The minimum absolute atomic E-state index is 0.0441. The topological polar surface area (TPSA) is 214 Å². The van der Waals surface area contributed by atoms with Crippen LogP contribution < -0.4 is 16.4 Å². The van der Waals surface area contributed by atoms with Crippen LogP contribution in [0.15, 0.2) is 29.6 Å². The van der Waals surface area contributed by atoms with Gasteiger partial charge in [-0.05, 0) is 89.0 Å². The fourth-order valence-corrected chi connectivity index (χ4v) is 8.24. The number of esters is 1. The number of benzene rings is 1. The van der Waals surface area contributed by atoms with E-state index in [0.29, 0.717) is 55.9 Å². The van der Waals surface area contributed by atoms with Crippen LogP contribution >= 0.6 is 11.3 Å². The molecule has 6 N–H and O–H groups in total. The van der Waals surface area contributed by atoms with Crippen LogP contribution in [0.5, 0.6) is 0 Å². The van der Waals surface area contributed by atoms with Gasteiger partial charge in [-0.25, -0.2) is 10.0 Å². The number of likely N-dealkylation sites (tertiary alicyclic amines) is 1. The van der Waals surface area contributed by atoms with Gasteiger partial charge in [-0.15, -0.1) is 23.7 Å². The zero-order valence-corrected chi connectivity index (χ0v) is 37.3. The molecular weight excluding hydrogens is 789 g/mol. The molecule has 1 aromatic carbocycles.